The number of hydrogen-bond acceptors (Lipinski definition) is 4. The molecular weight excluding hydrogens is 324 g/mol. The van der Waals surface area contributed by atoms with Crippen LogP contribution in [0.4, 0.5) is 5.95 Å². The van der Waals surface area contributed by atoms with Crippen molar-refractivity contribution < 1.29 is 0 Å². The van der Waals surface area contributed by atoms with Crippen LogP contribution in [0, 0.1) is 0 Å². The third kappa shape index (κ3) is 4.00. The lowest BCUT2D eigenvalue weighted by Gasteiger charge is -2.14. The molecule has 1 heterocycles. The van der Waals surface area contributed by atoms with Gasteiger partial charge >= 0.3 is 0 Å². The van der Waals surface area contributed by atoms with Crippen LogP contribution in [0.5, 0.6) is 0 Å². The maximum absolute atomic E-state index is 12.2. The lowest BCUT2D eigenvalue weighted by Crippen LogP contribution is -2.21. The molecule has 0 fully saturated rings. The Bertz CT molecular complexity index is 862. The zero-order valence-electron chi connectivity index (χ0n) is 13.2. The van der Waals surface area contributed by atoms with Gasteiger partial charge in [-0.3, -0.25) is 9.78 Å². The van der Waals surface area contributed by atoms with Gasteiger partial charge in [0.15, 0.2) is 0 Å². The Labute approximate surface area is 144 Å². The van der Waals surface area contributed by atoms with Crippen LogP contribution in [0.2, 0.25) is 5.02 Å². The Morgan fingerprint density at radius 2 is 1.79 bits per heavy atom. The number of nitrogens with one attached hydrogen (secondary N) is 2. The zero-order valence-corrected chi connectivity index (χ0v) is 13.9. The highest BCUT2D eigenvalue weighted by molar-refractivity contribution is 6.30. The molecule has 1 aromatic heterocycles. The number of anilines is 1. The van der Waals surface area contributed by atoms with E-state index in [2.05, 4.69) is 20.5 Å². The van der Waals surface area contributed by atoms with E-state index in [0.717, 1.165) is 11.1 Å². The summed E-state index contributed by atoms with van der Waals surface area (Å²) in [4.78, 5) is 14.9. The van der Waals surface area contributed by atoms with Crippen LogP contribution >= 0.6 is 11.6 Å². The number of H-pyrrole nitrogens is 1. The smallest absolute Gasteiger partial charge is 0.274 e. The van der Waals surface area contributed by atoms with Gasteiger partial charge in [-0.15, -0.1) is 10.2 Å². The van der Waals surface area contributed by atoms with E-state index in [1.54, 1.807) is 12.1 Å². The molecule has 0 saturated carbocycles. The molecule has 0 saturated heterocycles. The summed E-state index contributed by atoms with van der Waals surface area (Å²) in [5, 5.41) is 11.9. The second kappa shape index (κ2) is 7.27. The highest BCUT2D eigenvalue weighted by atomic mass is 35.5. The van der Waals surface area contributed by atoms with Crippen molar-refractivity contribution in [3.05, 3.63) is 86.8 Å². The number of rotatable bonds is 5. The monoisotopic (exact) mass is 340 g/mol. The van der Waals surface area contributed by atoms with Gasteiger partial charge in [-0.2, -0.15) is 0 Å². The number of nitrogens with zero attached hydrogens (tertiary/aromatic N) is 2. The van der Waals surface area contributed by atoms with Crippen molar-refractivity contribution in [3.8, 4) is 0 Å². The molecule has 0 amide bonds. The fourth-order valence-electron chi connectivity index (χ4n) is 2.37. The molecular formula is C18H17ClN4O. The number of aromatic amines is 1. The first-order valence-corrected chi connectivity index (χ1v) is 8.01. The fraction of sp³-hybridized carbons (Fsp3) is 0.167. The molecule has 2 aromatic carbocycles. The fourth-order valence-corrected chi connectivity index (χ4v) is 2.49. The summed E-state index contributed by atoms with van der Waals surface area (Å²) in [5.74, 6) is 0.358. The molecule has 0 aliphatic rings. The summed E-state index contributed by atoms with van der Waals surface area (Å²) < 4.78 is 0. The maximum Gasteiger partial charge on any atom is 0.274 e. The predicted octanol–water partition coefficient (Wildman–Crippen LogP) is 3.58. The Kier molecular flexibility index (Phi) is 4.91. The van der Waals surface area contributed by atoms with Crippen LogP contribution in [-0.2, 0) is 6.42 Å². The first-order chi connectivity index (χ1) is 11.6. The molecule has 24 heavy (non-hydrogen) atoms. The summed E-state index contributed by atoms with van der Waals surface area (Å²) in [5.41, 5.74) is 2.18. The standard InChI is InChI=1S/C18H17ClN4O/c1-12(14-5-3-2-4-6-14)20-18-21-17(24)16(22-23-18)11-13-7-9-15(19)10-8-13/h2-10,12H,11H2,1H3,(H2,20,21,23,24). The van der Waals surface area contributed by atoms with E-state index in [0.29, 0.717) is 23.1 Å². The van der Waals surface area contributed by atoms with E-state index in [9.17, 15) is 4.79 Å². The van der Waals surface area contributed by atoms with Crippen LogP contribution in [-0.4, -0.2) is 15.2 Å². The Morgan fingerprint density at radius 1 is 1.08 bits per heavy atom. The summed E-state index contributed by atoms with van der Waals surface area (Å²) in [6.07, 6.45) is 0.411. The van der Waals surface area contributed by atoms with Crippen molar-refractivity contribution in [1.29, 1.82) is 0 Å². The minimum atomic E-state index is -0.247. The van der Waals surface area contributed by atoms with Crippen molar-refractivity contribution >= 4 is 17.5 Å². The zero-order chi connectivity index (χ0) is 16.9. The van der Waals surface area contributed by atoms with E-state index in [1.165, 1.54) is 0 Å². The van der Waals surface area contributed by atoms with E-state index < -0.39 is 0 Å². The van der Waals surface area contributed by atoms with Crippen molar-refractivity contribution in [3.63, 3.8) is 0 Å². The maximum atomic E-state index is 12.2. The van der Waals surface area contributed by atoms with Gasteiger partial charge in [-0.05, 0) is 30.2 Å². The molecule has 0 aliphatic carbocycles. The highest BCUT2D eigenvalue weighted by Gasteiger charge is 2.09. The first-order valence-electron chi connectivity index (χ1n) is 7.63. The van der Waals surface area contributed by atoms with Gasteiger partial charge in [0, 0.05) is 11.4 Å². The van der Waals surface area contributed by atoms with E-state index in [4.69, 9.17) is 11.6 Å². The summed E-state index contributed by atoms with van der Waals surface area (Å²) in [7, 11) is 0. The molecule has 0 bridgehead atoms. The second-order valence-corrected chi connectivity index (χ2v) is 5.97. The second-order valence-electron chi connectivity index (χ2n) is 5.53. The first kappa shape index (κ1) is 16.2. The highest BCUT2D eigenvalue weighted by Crippen LogP contribution is 2.15. The molecule has 0 spiro atoms. The van der Waals surface area contributed by atoms with E-state index >= 15 is 0 Å². The molecule has 3 aromatic rings. The van der Waals surface area contributed by atoms with Crippen molar-refractivity contribution in [2.45, 2.75) is 19.4 Å². The van der Waals surface area contributed by atoms with Gasteiger partial charge in [-0.25, -0.2) is 0 Å². The average Bonchev–Trinajstić information content (AvgIpc) is 2.60. The molecule has 122 valence electrons. The normalized spacial score (nSPS) is 11.9. The minimum Gasteiger partial charge on any atom is -0.348 e. The largest absolute Gasteiger partial charge is 0.348 e. The van der Waals surface area contributed by atoms with Gasteiger partial charge in [0.1, 0.15) is 5.69 Å². The average molecular weight is 341 g/mol. The lowest BCUT2D eigenvalue weighted by atomic mass is 10.1. The third-order valence-corrected chi connectivity index (χ3v) is 3.95. The van der Waals surface area contributed by atoms with Crippen LogP contribution in [0.3, 0.4) is 0 Å². The molecule has 3 rings (SSSR count). The van der Waals surface area contributed by atoms with Gasteiger partial charge < -0.3 is 5.32 Å². The molecule has 6 heteroatoms. The number of hydrogen-bond donors (Lipinski definition) is 2. The van der Waals surface area contributed by atoms with Crippen molar-refractivity contribution in [2.75, 3.05) is 5.32 Å². The van der Waals surface area contributed by atoms with Crippen LogP contribution in [0.15, 0.2) is 59.4 Å². The van der Waals surface area contributed by atoms with Crippen LogP contribution < -0.4 is 10.9 Å². The summed E-state index contributed by atoms with van der Waals surface area (Å²) >= 11 is 5.86. The van der Waals surface area contributed by atoms with Gasteiger partial charge in [0.2, 0.25) is 5.95 Å². The molecule has 5 nitrogen and oxygen atoms in total. The summed E-state index contributed by atoms with van der Waals surface area (Å²) in [6, 6.07) is 17.2. The Morgan fingerprint density at radius 3 is 2.46 bits per heavy atom. The minimum absolute atomic E-state index is 0.0123. The SMILES string of the molecule is CC(Nc1nnc(Cc2ccc(Cl)cc2)c(=O)[nH]1)c1ccccc1. The van der Waals surface area contributed by atoms with Crippen LogP contribution in [0.1, 0.15) is 29.8 Å². The molecule has 1 atom stereocenters. The molecule has 2 N–H and O–H groups in total. The Hall–Kier alpha value is -2.66. The topological polar surface area (TPSA) is 70.7 Å². The Balaban J connectivity index is 1.72. The van der Waals surface area contributed by atoms with Gasteiger partial charge in [0.05, 0.1) is 6.04 Å². The van der Waals surface area contributed by atoms with Crippen LogP contribution in [0.25, 0.3) is 0 Å². The van der Waals surface area contributed by atoms with Gasteiger partial charge in [-0.1, -0.05) is 54.1 Å². The number of benzene rings is 2. The third-order valence-electron chi connectivity index (χ3n) is 3.70. The molecule has 0 aliphatic heterocycles. The van der Waals surface area contributed by atoms with E-state index in [-0.39, 0.29) is 11.6 Å². The quantitative estimate of drug-likeness (QED) is 0.744. The number of aromatic nitrogens is 3. The molecule has 0 radical (unpaired) electrons. The van der Waals surface area contributed by atoms with Gasteiger partial charge in [0.25, 0.3) is 5.56 Å². The van der Waals surface area contributed by atoms with Crippen molar-refractivity contribution in [1.82, 2.24) is 15.2 Å². The number of halogens is 1. The lowest BCUT2D eigenvalue weighted by molar-refractivity contribution is 0.811. The van der Waals surface area contributed by atoms with Crippen molar-refractivity contribution in [2.24, 2.45) is 0 Å². The predicted molar refractivity (Wildman–Crippen MR) is 95.4 cm³/mol. The molecule has 1 unspecified atom stereocenters. The summed E-state index contributed by atoms with van der Waals surface area (Å²) in [6.45, 7) is 2.00. The van der Waals surface area contributed by atoms with E-state index in [1.807, 2.05) is 49.4 Å².